The maximum Gasteiger partial charge on any atom is 0.407 e. The smallest absolute Gasteiger partial charge is 0.407 e. The van der Waals surface area contributed by atoms with Crippen LogP contribution in [0.4, 0.5) is 4.79 Å². The largest absolute Gasteiger partial charge is 0.483 e. The highest BCUT2D eigenvalue weighted by Gasteiger charge is 2.30. The molecule has 3 aromatic carbocycles. The number of benzene rings is 3. The molecule has 0 aromatic heterocycles. The van der Waals surface area contributed by atoms with Crippen molar-refractivity contribution >= 4 is 23.8 Å². The van der Waals surface area contributed by atoms with Gasteiger partial charge in [0.05, 0.1) is 12.1 Å². The summed E-state index contributed by atoms with van der Waals surface area (Å²) in [5.41, 5.74) is 3.07. The highest BCUT2D eigenvalue weighted by atomic mass is 16.6. The number of nitrogens with one attached hydrogen (secondary N) is 4. The first-order valence-corrected chi connectivity index (χ1v) is 18.4. The van der Waals surface area contributed by atoms with Crippen LogP contribution in [0.3, 0.4) is 0 Å². The van der Waals surface area contributed by atoms with Crippen molar-refractivity contribution in [1.82, 2.24) is 21.3 Å². The van der Waals surface area contributed by atoms with Crippen molar-refractivity contribution < 1.29 is 33.8 Å². The Morgan fingerprint density at radius 3 is 1.89 bits per heavy atom. The predicted octanol–water partition coefficient (Wildman–Crippen LogP) is 5.33. The van der Waals surface area contributed by atoms with Crippen LogP contribution >= 0.6 is 0 Å². The maximum absolute atomic E-state index is 13.9. The van der Waals surface area contributed by atoms with Gasteiger partial charge in [-0.2, -0.15) is 0 Å². The van der Waals surface area contributed by atoms with Crippen LogP contribution in [0.5, 0.6) is 5.75 Å². The van der Waals surface area contributed by atoms with Gasteiger partial charge in [-0.15, -0.1) is 0 Å². The minimum Gasteiger partial charge on any atom is -0.483 e. The number of hydrogen-bond donors (Lipinski definition) is 5. The van der Waals surface area contributed by atoms with E-state index in [9.17, 15) is 24.3 Å². The SMILES string of the molecule is Cc1cccc(C)c1OCC(=O)N[C@H](Cc1ccccc1)CC(O)[C@@H](Cc1ccccc1)NC(=O)C(CC(C)C)NC(=O)CCNC(=O)OC(C)(C)C. The Labute approximate surface area is 314 Å². The van der Waals surface area contributed by atoms with Gasteiger partial charge in [0.15, 0.2) is 6.61 Å². The van der Waals surface area contributed by atoms with Gasteiger partial charge in [-0.25, -0.2) is 4.79 Å². The van der Waals surface area contributed by atoms with Gasteiger partial charge in [-0.1, -0.05) is 92.7 Å². The minimum absolute atomic E-state index is 0.0379. The number of alkyl carbamates (subject to hydrolysis) is 1. The van der Waals surface area contributed by atoms with Gasteiger partial charge in [-0.05, 0) is 88.5 Å². The van der Waals surface area contributed by atoms with E-state index in [1.165, 1.54) is 0 Å². The molecule has 11 nitrogen and oxygen atoms in total. The van der Waals surface area contributed by atoms with E-state index >= 15 is 0 Å². The third-order valence-electron chi connectivity index (χ3n) is 8.44. The van der Waals surface area contributed by atoms with Crippen LogP contribution in [0, 0.1) is 19.8 Å². The topological polar surface area (TPSA) is 155 Å². The molecule has 53 heavy (non-hydrogen) atoms. The number of aryl methyl sites for hydroxylation is 2. The van der Waals surface area contributed by atoms with Crippen LogP contribution in [0.2, 0.25) is 0 Å². The second kappa shape index (κ2) is 21.0. The van der Waals surface area contributed by atoms with Gasteiger partial charge < -0.3 is 35.8 Å². The van der Waals surface area contributed by atoms with Gasteiger partial charge in [-0.3, -0.25) is 14.4 Å². The van der Waals surface area contributed by atoms with Crippen LogP contribution in [-0.4, -0.2) is 71.9 Å². The minimum atomic E-state index is -1.07. The monoisotopic (exact) mass is 730 g/mol. The van der Waals surface area contributed by atoms with Gasteiger partial charge in [0.1, 0.15) is 17.4 Å². The lowest BCUT2D eigenvalue weighted by Gasteiger charge is -2.30. The summed E-state index contributed by atoms with van der Waals surface area (Å²) >= 11 is 0. The fourth-order valence-electron chi connectivity index (χ4n) is 5.98. The molecule has 288 valence electrons. The van der Waals surface area contributed by atoms with Crippen LogP contribution in [0.1, 0.15) is 76.1 Å². The molecule has 4 amide bonds. The standard InChI is InChI=1S/C42H58N4O7/c1-28(2)23-35(45-37(48)21-22-43-41(51)53-42(5,6)7)40(50)46-34(25-32-19-12-9-13-20-32)36(47)26-33(24-31-17-10-8-11-18-31)44-38(49)27-52-39-29(3)15-14-16-30(39)4/h8-20,28,33-36,47H,21-27H2,1-7H3,(H,43,51)(H,44,49)(H,45,48)(H,46,50)/t33-,34-,35?,36?/m1/s1. The first-order chi connectivity index (χ1) is 25.1. The van der Waals surface area contributed by atoms with Crippen molar-refractivity contribution in [3.8, 4) is 5.75 Å². The zero-order chi connectivity index (χ0) is 39.0. The third kappa shape index (κ3) is 16.1. The summed E-state index contributed by atoms with van der Waals surface area (Å²) in [6.07, 6.45) is -0.487. The molecule has 0 aliphatic rings. The molecule has 2 unspecified atom stereocenters. The van der Waals surface area contributed by atoms with E-state index in [2.05, 4.69) is 21.3 Å². The second-order valence-corrected chi connectivity index (χ2v) is 15.0. The zero-order valence-electron chi connectivity index (χ0n) is 32.2. The number of rotatable bonds is 19. The molecule has 0 bridgehead atoms. The fraction of sp³-hybridized carbons (Fsp3) is 0.476. The van der Waals surface area contributed by atoms with Crippen LogP contribution in [0.15, 0.2) is 78.9 Å². The van der Waals surface area contributed by atoms with Crippen molar-refractivity contribution in [3.63, 3.8) is 0 Å². The molecule has 0 radical (unpaired) electrons. The van der Waals surface area contributed by atoms with Crippen molar-refractivity contribution in [2.75, 3.05) is 13.2 Å². The second-order valence-electron chi connectivity index (χ2n) is 15.0. The fourth-order valence-corrected chi connectivity index (χ4v) is 5.98. The Bertz CT molecular complexity index is 1590. The van der Waals surface area contributed by atoms with Crippen LogP contribution < -0.4 is 26.0 Å². The Kier molecular flexibility index (Phi) is 16.8. The van der Waals surface area contributed by atoms with Crippen molar-refractivity contribution in [2.24, 2.45) is 5.92 Å². The molecular formula is C42H58N4O7. The van der Waals surface area contributed by atoms with E-state index in [0.717, 1.165) is 22.3 Å². The van der Waals surface area contributed by atoms with E-state index in [1.54, 1.807) is 20.8 Å². The molecule has 0 saturated heterocycles. The summed E-state index contributed by atoms with van der Waals surface area (Å²) in [5, 5.41) is 23.3. The van der Waals surface area contributed by atoms with Crippen LogP contribution in [-0.2, 0) is 32.0 Å². The summed E-state index contributed by atoms with van der Waals surface area (Å²) in [6.45, 7) is 12.9. The summed E-state index contributed by atoms with van der Waals surface area (Å²) in [5.74, 6) is -0.436. The first kappa shape index (κ1) is 42.5. The molecular weight excluding hydrogens is 672 g/mol. The van der Waals surface area contributed by atoms with E-state index in [-0.39, 0.29) is 37.8 Å². The molecule has 3 aromatic rings. The molecule has 0 saturated carbocycles. The van der Waals surface area contributed by atoms with Gasteiger partial charge in [0, 0.05) is 19.0 Å². The summed E-state index contributed by atoms with van der Waals surface area (Å²) < 4.78 is 11.1. The highest BCUT2D eigenvalue weighted by molar-refractivity contribution is 5.88. The molecule has 0 aliphatic carbocycles. The number of ether oxygens (including phenoxy) is 2. The van der Waals surface area contributed by atoms with E-state index in [1.807, 2.05) is 107 Å². The number of amides is 4. The third-order valence-corrected chi connectivity index (χ3v) is 8.44. The summed E-state index contributed by atoms with van der Waals surface area (Å²) in [4.78, 5) is 52.1. The van der Waals surface area contributed by atoms with E-state index in [0.29, 0.717) is 25.0 Å². The lowest BCUT2D eigenvalue weighted by atomic mass is 9.93. The van der Waals surface area contributed by atoms with Gasteiger partial charge in [0.25, 0.3) is 5.91 Å². The number of aliphatic hydroxyl groups is 1. The van der Waals surface area contributed by atoms with E-state index in [4.69, 9.17) is 9.47 Å². The number of para-hydroxylation sites is 1. The van der Waals surface area contributed by atoms with Crippen LogP contribution in [0.25, 0.3) is 0 Å². The molecule has 0 fully saturated rings. The first-order valence-electron chi connectivity index (χ1n) is 18.4. The Hall–Kier alpha value is -4.90. The lowest BCUT2D eigenvalue weighted by Crippen LogP contribution is -2.55. The Balaban J connectivity index is 1.75. The lowest BCUT2D eigenvalue weighted by molar-refractivity contribution is -0.130. The molecule has 3 rings (SSSR count). The number of carbonyl (C=O) groups is 4. The Morgan fingerprint density at radius 1 is 0.736 bits per heavy atom. The van der Waals surface area contributed by atoms with Gasteiger partial charge in [0.2, 0.25) is 11.8 Å². The zero-order valence-corrected chi connectivity index (χ0v) is 32.2. The number of hydrogen-bond acceptors (Lipinski definition) is 7. The summed E-state index contributed by atoms with van der Waals surface area (Å²) in [7, 11) is 0. The maximum atomic E-state index is 13.9. The van der Waals surface area contributed by atoms with Gasteiger partial charge >= 0.3 is 6.09 Å². The van der Waals surface area contributed by atoms with E-state index < -0.39 is 47.7 Å². The number of aliphatic hydroxyl groups excluding tert-OH is 1. The number of carbonyl (C=O) groups excluding carboxylic acids is 4. The summed E-state index contributed by atoms with van der Waals surface area (Å²) in [6, 6.07) is 22.9. The molecule has 5 N–H and O–H groups in total. The molecule has 11 heteroatoms. The predicted molar refractivity (Wildman–Crippen MR) is 206 cm³/mol. The van der Waals surface area contributed by atoms with Crippen molar-refractivity contribution in [3.05, 3.63) is 101 Å². The molecule has 0 heterocycles. The molecule has 0 spiro atoms. The molecule has 0 aliphatic heterocycles. The van der Waals surface area contributed by atoms with Crippen molar-refractivity contribution in [1.29, 1.82) is 0 Å². The highest BCUT2D eigenvalue weighted by Crippen LogP contribution is 2.22. The normalized spacial score (nSPS) is 13.6. The molecule has 4 atom stereocenters. The average molecular weight is 731 g/mol. The van der Waals surface area contributed by atoms with Crippen molar-refractivity contribution in [2.45, 2.75) is 110 Å². The Morgan fingerprint density at radius 2 is 1.32 bits per heavy atom. The average Bonchev–Trinajstić information content (AvgIpc) is 3.07. The quantitative estimate of drug-likeness (QED) is 0.112.